The average molecular weight is 374 g/mol. The van der Waals surface area contributed by atoms with Gasteiger partial charge >= 0.3 is 0 Å². The number of nitrogens with zero attached hydrogens (tertiary/aromatic N) is 3. The Balaban J connectivity index is 0.00000264. The highest BCUT2D eigenvalue weighted by atomic mass is 35.5. The maximum Gasteiger partial charge on any atom is 0.241 e. The molecule has 1 aromatic heterocycles. The van der Waals surface area contributed by atoms with E-state index >= 15 is 0 Å². The second-order valence-electron chi connectivity index (χ2n) is 5.42. The molecule has 1 amide bonds. The molecule has 6 nitrogen and oxygen atoms in total. The highest BCUT2D eigenvalue weighted by Crippen LogP contribution is 2.21. The number of carbonyl (C=O) groups excluding carboxylic acids is 1. The second-order valence-corrected chi connectivity index (χ2v) is 5.42. The third-order valence-corrected chi connectivity index (χ3v) is 3.90. The maximum atomic E-state index is 12.2. The summed E-state index contributed by atoms with van der Waals surface area (Å²) in [7, 11) is 0. The molecular formula is C16H25Cl2N5O. The van der Waals surface area contributed by atoms with E-state index in [0.29, 0.717) is 5.69 Å². The largest absolute Gasteiger partial charge is 0.325 e. The van der Waals surface area contributed by atoms with Gasteiger partial charge in [0, 0.05) is 17.8 Å². The molecule has 0 saturated carbocycles. The van der Waals surface area contributed by atoms with Crippen molar-refractivity contribution < 1.29 is 4.79 Å². The molecule has 0 saturated heterocycles. The fourth-order valence-corrected chi connectivity index (χ4v) is 2.18. The van der Waals surface area contributed by atoms with Crippen molar-refractivity contribution in [3.8, 4) is 11.4 Å². The summed E-state index contributed by atoms with van der Waals surface area (Å²) in [5.41, 5.74) is 7.58. The molecule has 1 aromatic carbocycles. The van der Waals surface area contributed by atoms with Crippen molar-refractivity contribution in [2.24, 2.45) is 11.7 Å². The fraction of sp³-hybridized carbons (Fsp3) is 0.438. The zero-order valence-electron chi connectivity index (χ0n) is 14.1. The van der Waals surface area contributed by atoms with E-state index in [2.05, 4.69) is 15.5 Å². The monoisotopic (exact) mass is 373 g/mol. The molecule has 0 fully saturated rings. The predicted octanol–water partition coefficient (Wildman–Crippen LogP) is 3.12. The molecule has 8 heteroatoms. The second kappa shape index (κ2) is 10.3. The number of hydrogen-bond donors (Lipinski definition) is 2. The van der Waals surface area contributed by atoms with Crippen molar-refractivity contribution in [2.45, 2.75) is 39.8 Å². The van der Waals surface area contributed by atoms with E-state index in [1.807, 2.05) is 49.6 Å². The van der Waals surface area contributed by atoms with Gasteiger partial charge in [0.1, 0.15) is 6.33 Å². The van der Waals surface area contributed by atoms with Crippen molar-refractivity contribution in [2.75, 3.05) is 5.32 Å². The minimum Gasteiger partial charge on any atom is -0.325 e. The molecule has 2 aromatic rings. The summed E-state index contributed by atoms with van der Waals surface area (Å²) in [5, 5.41) is 10.9. The molecule has 134 valence electrons. The first kappa shape index (κ1) is 22.4. The summed E-state index contributed by atoms with van der Waals surface area (Å²) < 4.78 is 1.95. The number of hydrogen-bond acceptors (Lipinski definition) is 4. The van der Waals surface area contributed by atoms with Crippen LogP contribution in [0.2, 0.25) is 0 Å². The van der Waals surface area contributed by atoms with Crippen LogP contribution in [0.3, 0.4) is 0 Å². The highest BCUT2D eigenvalue weighted by molar-refractivity contribution is 5.95. The molecule has 24 heavy (non-hydrogen) atoms. The van der Waals surface area contributed by atoms with Crippen LogP contribution < -0.4 is 11.1 Å². The zero-order valence-corrected chi connectivity index (χ0v) is 15.7. The standard InChI is InChI=1S/C16H23N5O.2ClH/c1-4-11(3)14(17)16(22)19-13-8-6-7-12(9-13)15-20-18-10-21(15)5-2;;/h6-11,14H,4-5,17H2,1-3H3,(H,19,22);2*1H. The Hall–Kier alpha value is -1.63. The first-order valence-corrected chi connectivity index (χ1v) is 7.61. The molecule has 0 aliphatic carbocycles. The number of nitrogens with two attached hydrogens (primary N) is 1. The van der Waals surface area contributed by atoms with Crippen LogP contribution in [0.4, 0.5) is 5.69 Å². The van der Waals surface area contributed by atoms with Gasteiger partial charge in [0.05, 0.1) is 6.04 Å². The summed E-state index contributed by atoms with van der Waals surface area (Å²) in [5.74, 6) is 0.764. The van der Waals surface area contributed by atoms with Crippen molar-refractivity contribution in [3.63, 3.8) is 0 Å². The van der Waals surface area contributed by atoms with Crippen LogP contribution in [0.25, 0.3) is 11.4 Å². The minimum absolute atomic E-state index is 0. The molecule has 2 rings (SSSR count). The van der Waals surface area contributed by atoms with Crippen LogP contribution in [0.15, 0.2) is 30.6 Å². The number of amides is 1. The van der Waals surface area contributed by atoms with Crippen LogP contribution in [-0.4, -0.2) is 26.7 Å². The van der Waals surface area contributed by atoms with Gasteiger partial charge in [-0.3, -0.25) is 4.79 Å². The first-order valence-electron chi connectivity index (χ1n) is 7.61. The van der Waals surface area contributed by atoms with Crippen LogP contribution in [0.1, 0.15) is 27.2 Å². The van der Waals surface area contributed by atoms with Crippen molar-refractivity contribution in [1.29, 1.82) is 0 Å². The fourth-order valence-electron chi connectivity index (χ4n) is 2.18. The lowest BCUT2D eigenvalue weighted by molar-refractivity contribution is -0.118. The normalized spacial score (nSPS) is 12.5. The number of benzene rings is 1. The molecule has 0 spiro atoms. The molecule has 2 unspecified atom stereocenters. The number of rotatable bonds is 6. The number of aromatic nitrogens is 3. The van der Waals surface area contributed by atoms with E-state index in [-0.39, 0.29) is 36.6 Å². The molecule has 1 heterocycles. The predicted molar refractivity (Wildman–Crippen MR) is 102 cm³/mol. The lowest BCUT2D eigenvalue weighted by atomic mass is 9.99. The number of carbonyl (C=O) groups is 1. The summed E-state index contributed by atoms with van der Waals surface area (Å²) in [6, 6.07) is 7.05. The number of halogens is 2. The van der Waals surface area contributed by atoms with E-state index in [4.69, 9.17) is 5.73 Å². The SMILES string of the molecule is CCC(C)C(N)C(=O)Nc1cccc(-c2nncn2CC)c1.Cl.Cl. The quantitative estimate of drug-likeness (QED) is 0.814. The van der Waals surface area contributed by atoms with Crippen LogP contribution in [0.5, 0.6) is 0 Å². The van der Waals surface area contributed by atoms with Crippen molar-refractivity contribution in [3.05, 3.63) is 30.6 Å². The average Bonchev–Trinajstić information content (AvgIpc) is 3.02. The molecule has 0 bridgehead atoms. The zero-order chi connectivity index (χ0) is 16.1. The Bertz CT molecular complexity index is 647. The van der Waals surface area contributed by atoms with Gasteiger partial charge in [-0.25, -0.2) is 0 Å². The Labute approximate surface area is 155 Å². The smallest absolute Gasteiger partial charge is 0.241 e. The van der Waals surface area contributed by atoms with Crippen molar-refractivity contribution >= 4 is 36.4 Å². The van der Waals surface area contributed by atoms with Gasteiger partial charge in [-0.1, -0.05) is 32.4 Å². The summed E-state index contributed by atoms with van der Waals surface area (Å²) in [4.78, 5) is 12.2. The molecule has 0 aliphatic rings. The van der Waals surface area contributed by atoms with Gasteiger partial charge in [0.2, 0.25) is 5.91 Å². The first-order chi connectivity index (χ1) is 10.6. The minimum atomic E-state index is -0.507. The maximum absolute atomic E-state index is 12.2. The lowest BCUT2D eigenvalue weighted by Gasteiger charge is -2.18. The van der Waals surface area contributed by atoms with Crippen LogP contribution in [-0.2, 0) is 11.3 Å². The molecule has 2 atom stereocenters. The number of anilines is 1. The summed E-state index contributed by atoms with van der Waals surface area (Å²) in [6.45, 7) is 6.82. The van der Waals surface area contributed by atoms with E-state index in [9.17, 15) is 4.79 Å². The van der Waals surface area contributed by atoms with Gasteiger partial charge < -0.3 is 15.6 Å². The Morgan fingerprint density at radius 2 is 2.04 bits per heavy atom. The van der Waals surface area contributed by atoms with Gasteiger partial charge in [-0.2, -0.15) is 0 Å². The molecule has 0 aliphatic heterocycles. The molecule has 3 N–H and O–H groups in total. The topological polar surface area (TPSA) is 85.8 Å². The molecule has 0 radical (unpaired) electrons. The number of nitrogens with one attached hydrogen (secondary N) is 1. The van der Waals surface area contributed by atoms with E-state index in [1.54, 1.807) is 6.33 Å². The lowest BCUT2D eigenvalue weighted by Crippen LogP contribution is -2.40. The van der Waals surface area contributed by atoms with Gasteiger partial charge in [0.15, 0.2) is 5.82 Å². The van der Waals surface area contributed by atoms with Gasteiger partial charge in [0.25, 0.3) is 0 Å². The summed E-state index contributed by atoms with van der Waals surface area (Å²) >= 11 is 0. The van der Waals surface area contributed by atoms with Gasteiger partial charge in [-0.15, -0.1) is 35.0 Å². The Kier molecular flexibility index (Phi) is 9.58. The molecular weight excluding hydrogens is 349 g/mol. The third-order valence-electron chi connectivity index (χ3n) is 3.90. The van der Waals surface area contributed by atoms with E-state index in [0.717, 1.165) is 24.4 Å². The highest BCUT2D eigenvalue weighted by Gasteiger charge is 2.19. The van der Waals surface area contributed by atoms with Crippen LogP contribution >= 0.6 is 24.8 Å². The van der Waals surface area contributed by atoms with Gasteiger partial charge in [-0.05, 0) is 25.0 Å². The van der Waals surface area contributed by atoms with E-state index in [1.165, 1.54) is 0 Å². The van der Waals surface area contributed by atoms with E-state index < -0.39 is 6.04 Å². The third kappa shape index (κ3) is 5.19. The van der Waals surface area contributed by atoms with Crippen LogP contribution in [0, 0.1) is 5.92 Å². The Morgan fingerprint density at radius 3 is 2.67 bits per heavy atom. The van der Waals surface area contributed by atoms with Crippen molar-refractivity contribution in [1.82, 2.24) is 14.8 Å². The Morgan fingerprint density at radius 1 is 1.33 bits per heavy atom. The number of aryl methyl sites for hydroxylation is 1. The summed E-state index contributed by atoms with van der Waals surface area (Å²) in [6.07, 6.45) is 2.56.